The van der Waals surface area contributed by atoms with Gasteiger partial charge in [0.25, 0.3) is 0 Å². The fraction of sp³-hybridized carbons (Fsp3) is 0.786. The van der Waals surface area contributed by atoms with Crippen molar-refractivity contribution in [3.63, 3.8) is 0 Å². The Morgan fingerprint density at radius 1 is 1.41 bits per heavy atom. The minimum absolute atomic E-state index is 0.619. The summed E-state index contributed by atoms with van der Waals surface area (Å²) in [6.07, 6.45) is 12.5. The maximum Gasteiger partial charge on any atom is 0.0474 e. The Labute approximate surface area is 110 Å². The van der Waals surface area contributed by atoms with E-state index in [-0.39, 0.29) is 0 Å². The normalized spacial score (nSPS) is 25.9. The van der Waals surface area contributed by atoms with E-state index in [9.17, 15) is 0 Å². The van der Waals surface area contributed by atoms with Crippen LogP contribution in [0.2, 0.25) is 0 Å². The van der Waals surface area contributed by atoms with Crippen LogP contribution in [0, 0.1) is 0 Å². The van der Waals surface area contributed by atoms with Crippen LogP contribution in [0.1, 0.15) is 38.5 Å². The summed E-state index contributed by atoms with van der Waals surface area (Å²) in [5.74, 6) is 0. The van der Waals surface area contributed by atoms with Gasteiger partial charge in [0, 0.05) is 18.5 Å². The lowest BCUT2D eigenvalue weighted by molar-refractivity contribution is 0.330. The lowest BCUT2D eigenvalue weighted by Crippen LogP contribution is -2.20. The van der Waals surface area contributed by atoms with Crippen molar-refractivity contribution in [2.75, 3.05) is 26.7 Å². The monoisotopic (exact) mass is 252 g/mol. The number of aliphatic imine (C=N–C) groups is 1. The summed E-state index contributed by atoms with van der Waals surface area (Å²) >= 11 is 2.02. The second-order valence-electron chi connectivity index (χ2n) is 4.98. The Bertz CT molecular complexity index is 280. The zero-order valence-corrected chi connectivity index (χ0v) is 11.7. The maximum atomic E-state index is 4.12. The van der Waals surface area contributed by atoms with Gasteiger partial charge in [-0.2, -0.15) is 0 Å². The summed E-state index contributed by atoms with van der Waals surface area (Å²) in [5.41, 5.74) is 0. The molecule has 1 saturated heterocycles. The van der Waals surface area contributed by atoms with E-state index < -0.39 is 0 Å². The van der Waals surface area contributed by atoms with Crippen molar-refractivity contribution in [1.82, 2.24) is 4.90 Å². The first-order chi connectivity index (χ1) is 8.38. The highest BCUT2D eigenvalue weighted by atomic mass is 32.2. The minimum atomic E-state index is 0.619. The third-order valence-electron chi connectivity index (χ3n) is 3.54. The van der Waals surface area contributed by atoms with Crippen LogP contribution >= 0.6 is 11.8 Å². The molecular weight excluding hydrogens is 228 g/mol. The van der Waals surface area contributed by atoms with E-state index in [0.717, 1.165) is 0 Å². The second kappa shape index (κ2) is 7.22. The van der Waals surface area contributed by atoms with Gasteiger partial charge in [-0.3, -0.25) is 4.99 Å². The van der Waals surface area contributed by atoms with Gasteiger partial charge in [-0.15, -0.1) is 11.8 Å². The number of hydrogen-bond donors (Lipinski definition) is 0. The smallest absolute Gasteiger partial charge is 0.0474 e. The Balaban J connectivity index is 1.53. The summed E-state index contributed by atoms with van der Waals surface area (Å²) in [7, 11) is 1.87. The summed E-state index contributed by atoms with van der Waals surface area (Å²) in [6, 6.07) is 0. The quantitative estimate of drug-likeness (QED) is 0.532. The average Bonchev–Trinajstić information content (AvgIpc) is 2.96. The molecule has 2 nitrogen and oxygen atoms in total. The van der Waals surface area contributed by atoms with Gasteiger partial charge < -0.3 is 4.90 Å². The first-order valence-corrected chi connectivity index (χ1v) is 7.77. The molecule has 1 atom stereocenters. The van der Waals surface area contributed by atoms with Crippen molar-refractivity contribution in [2.45, 2.75) is 43.8 Å². The lowest BCUT2D eigenvalue weighted by Gasteiger charge is -2.13. The third kappa shape index (κ3) is 4.47. The summed E-state index contributed by atoms with van der Waals surface area (Å²) in [6.45, 7) is 4.00. The molecule has 2 aliphatic heterocycles. The number of nitrogens with zero attached hydrogens (tertiary/aromatic N) is 2. The van der Waals surface area contributed by atoms with Crippen LogP contribution in [-0.4, -0.2) is 43.0 Å². The molecule has 0 N–H and O–H groups in total. The van der Waals surface area contributed by atoms with E-state index in [1.165, 1.54) is 58.2 Å². The summed E-state index contributed by atoms with van der Waals surface area (Å²) in [5, 5.41) is 0.619. The van der Waals surface area contributed by atoms with Crippen LogP contribution in [0.15, 0.2) is 16.0 Å². The zero-order chi connectivity index (χ0) is 11.9. The molecule has 0 saturated carbocycles. The number of unbranched alkanes of at least 4 members (excludes halogenated alkanes) is 1. The van der Waals surface area contributed by atoms with Crippen LogP contribution in [0.3, 0.4) is 0 Å². The van der Waals surface area contributed by atoms with Crippen molar-refractivity contribution in [1.29, 1.82) is 0 Å². The van der Waals surface area contributed by atoms with E-state index in [2.05, 4.69) is 22.2 Å². The lowest BCUT2D eigenvalue weighted by atomic mass is 10.2. The first-order valence-electron chi connectivity index (χ1n) is 6.89. The standard InChI is InChI=1S/C14H24N2S/c1-15-12-14-8-7-13(17-14)6-2-3-9-16-10-4-5-11-16/h7,12,14H,2-6,8-11H2,1H3. The molecule has 2 heterocycles. The van der Waals surface area contributed by atoms with E-state index in [0.29, 0.717) is 5.25 Å². The van der Waals surface area contributed by atoms with E-state index in [1.54, 1.807) is 4.91 Å². The van der Waals surface area contributed by atoms with Gasteiger partial charge >= 0.3 is 0 Å². The van der Waals surface area contributed by atoms with Crippen molar-refractivity contribution in [2.24, 2.45) is 4.99 Å². The number of rotatable bonds is 6. The van der Waals surface area contributed by atoms with Gasteiger partial charge in [0.2, 0.25) is 0 Å². The molecule has 1 fully saturated rings. The Hall–Kier alpha value is -0.280. The van der Waals surface area contributed by atoms with Crippen molar-refractivity contribution >= 4 is 18.0 Å². The van der Waals surface area contributed by atoms with Gasteiger partial charge in [-0.1, -0.05) is 6.08 Å². The van der Waals surface area contributed by atoms with Crippen LogP contribution in [0.4, 0.5) is 0 Å². The van der Waals surface area contributed by atoms with Gasteiger partial charge in [-0.05, 0) is 63.1 Å². The molecule has 0 radical (unpaired) electrons. The van der Waals surface area contributed by atoms with Crippen molar-refractivity contribution in [3.8, 4) is 0 Å². The third-order valence-corrected chi connectivity index (χ3v) is 4.83. The van der Waals surface area contributed by atoms with Gasteiger partial charge in [0.05, 0.1) is 0 Å². The van der Waals surface area contributed by atoms with Crippen LogP contribution in [0.5, 0.6) is 0 Å². The van der Waals surface area contributed by atoms with Gasteiger partial charge in [0.1, 0.15) is 0 Å². The number of hydrogen-bond acceptors (Lipinski definition) is 3. The predicted molar refractivity (Wildman–Crippen MR) is 78.0 cm³/mol. The maximum absolute atomic E-state index is 4.12. The predicted octanol–water partition coefficient (Wildman–Crippen LogP) is 3.34. The van der Waals surface area contributed by atoms with Crippen LogP contribution < -0.4 is 0 Å². The molecular formula is C14H24N2S. The molecule has 2 rings (SSSR count). The second-order valence-corrected chi connectivity index (χ2v) is 6.34. The fourth-order valence-electron chi connectivity index (χ4n) is 2.60. The van der Waals surface area contributed by atoms with Crippen LogP contribution in [-0.2, 0) is 0 Å². The highest BCUT2D eigenvalue weighted by Gasteiger charge is 2.15. The molecule has 0 aromatic carbocycles. The van der Waals surface area contributed by atoms with Gasteiger partial charge in [-0.25, -0.2) is 0 Å². The number of allylic oxidation sites excluding steroid dienone is 2. The molecule has 1 unspecified atom stereocenters. The van der Waals surface area contributed by atoms with Crippen LogP contribution in [0.25, 0.3) is 0 Å². The average molecular weight is 252 g/mol. The molecule has 0 aromatic heterocycles. The number of thioether (sulfide) groups is 1. The topological polar surface area (TPSA) is 15.6 Å². The number of likely N-dealkylation sites (tertiary alicyclic amines) is 1. The van der Waals surface area contributed by atoms with E-state index >= 15 is 0 Å². The molecule has 0 amide bonds. The van der Waals surface area contributed by atoms with Gasteiger partial charge in [0.15, 0.2) is 0 Å². The molecule has 2 aliphatic rings. The molecule has 0 bridgehead atoms. The minimum Gasteiger partial charge on any atom is -0.303 e. The van der Waals surface area contributed by atoms with Crippen molar-refractivity contribution in [3.05, 3.63) is 11.0 Å². The molecule has 0 aromatic rings. The molecule has 0 spiro atoms. The summed E-state index contributed by atoms with van der Waals surface area (Å²) in [4.78, 5) is 8.32. The zero-order valence-electron chi connectivity index (χ0n) is 10.9. The molecule has 17 heavy (non-hydrogen) atoms. The Morgan fingerprint density at radius 2 is 2.24 bits per heavy atom. The highest BCUT2D eigenvalue weighted by Crippen LogP contribution is 2.34. The molecule has 0 aliphatic carbocycles. The van der Waals surface area contributed by atoms with E-state index in [1.807, 2.05) is 18.8 Å². The highest BCUT2D eigenvalue weighted by molar-refractivity contribution is 8.04. The fourth-order valence-corrected chi connectivity index (χ4v) is 3.82. The Kier molecular flexibility index (Phi) is 5.59. The first kappa shape index (κ1) is 13.2. The largest absolute Gasteiger partial charge is 0.303 e. The summed E-state index contributed by atoms with van der Waals surface area (Å²) < 4.78 is 0. The Morgan fingerprint density at radius 3 is 3.00 bits per heavy atom. The van der Waals surface area contributed by atoms with Crippen molar-refractivity contribution < 1.29 is 0 Å². The molecule has 96 valence electrons. The SMILES string of the molecule is CN=CC1CC=C(CCCCN2CCCC2)S1. The molecule has 3 heteroatoms. The van der Waals surface area contributed by atoms with E-state index in [4.69, 9.17) is 0 Å².